The minimum absolute atomic E-state index is 0.249. The summed E-state index contributed by atoms with van der Waals surface area (Å²) < 4.78 is 5.70. The van der Waals surface area contributed by atoms with Crippen molar-refractivity contribution in [3.05, 3.63) is 22.8 Å². The van der Waals surface area contributed by atoms with Crippen molar-refractivity contribution in [1.29, 1.82) is 0 Å². The highest BCUT2D eigenvalue weighted by molar-refractivity contribution is 6.31. The number of hydrogen-bond donors (Lipinski definition) is 1. The molecule has 0 fully saturated rings. The van der Waals surface area contributed by atoms with Crippen LogP contribution in [-0.2, 0) is 6.54 Å². The van der Waals surface area contributed by atoms with Crippen LogP contribution < -0.4 is 10.5 Å². The van der Waals surface area contributed by atoms with Gasteiger partial charge in [-0.15, -0.1) is 0 Å². The fraction of sp³-hybridized carbons (Fsp3) is 0.545. The largest absolute Gasteiger partial charge is 0.471 e. The van der Waals surface area contributed by atoms with E-state index in [0.29, 0.717) is 17.4 Å². The zero-order valence-corrected chi connectivity index (χ0v) is 10.1. The molecule has 4 heteroatoms. The van der Waals surface area contributed by atoms with Crippen molar-refractivity contribution in [2.75, 3.05) is 0 Å². The highest BCUT2D eigenvalue weighted by Gasteiger charge is 2.19. The summed E-state index contributed by atoms with van der Waals surface area (Å²) in [7, 11) is 0. The summed E-state index contributed by atoms with van der Waals surface area (Å²) in [4.78, 5) is 4.15. The van der Waals surface area contributed by atoms with Crippen LogP contribution in [0.15, 0.2) is 12.3 Å². The zero-order chi connectivity index (χ0) is 11.5. The second kappa shape index (κ2) is 4.81. The Morgan fingerprint density at radius 1 is 1.53 bits per heavy atom. The maximum absolute atomic E-state index is 6.03. The first-order valence-corrected chi connectivity index (χ1v) is 5.40. The topological polar surface area (TPSA) is 48.1 Å². The van der Waals surface area contributed by atoms with Gasteiger partial charge in [-0.3, -0.25) is 0 Å². The smallest absolute Gasteiger partial charge is 0.233 e. The molecule has 0 aromatic carbocycles. The van der Waals surface area contributed by atoms with Gasteiger partial charge in [0.15, 0.2) is 0 Å². The number of halogens is 1. The van der Waals surface area contributed by atoms with Gasteiger partial charge in [-0.2, -0.15) is 0 Å². The molecule has 1 heterocycles. The monoisotopic (exact) mass is 228 g/mol. The first-order chi connectivity index (χ1) is 6.98. The van der Waals surface area contributed by atoms with Gasteiger partial charge in [0.2, 0.25) is 5.88 Å². The molecule has 0 amide bonds. The van der Waals surface area contributed by atoms with E-state index < -0.39 is 0 Å². The highest BCUT2D eigenvalue weighted by atomic mass is 35.5. The summed E-state index contributed by atoms with van der Waals surface area (Å²) in [6, 6.07) is 1.79. The molecule has 0 saturated carbocycles. The second-order valence-electron chi connectivity index (χ2n) is 4.05. The maximum atomic E-state index is 6.03. The summed E-state index contributed by atoms with van der Waals surface area (Å²) in [5.74, 6) is 0.473. The first kappa shape index (κ1) is 12.3. The van der Waals surface area contributed by atoms with E-state index in [2.05, 4.69) is 11.9 Å². The van der Waals surface area contributed by atoms with E-state index in [9.17, 15) is 0 Å². The van der Waals surface area contributed by atoms with E-state index in [0.717, 1.165) is 12.0 Å². The third-order valence-corrected chi connectivity index (χ3v) is 2.59. The average Bonchev–Trinajstić information content (AvgIpc) is 2.21. The van der Waals surface area contributed by atoms with E-state index in [1.54, 1.807) is 12.3 Å². The van der Waals surface area contributed by atoms with Gasteiger partial charge < -0.3 is 10.5 Å². The fourth-order valence-corrected chi connectivity index (χ4v) is 1.21. The molecule has 0 aliphatic carbocycles. The minimum atomic E-state index is -0.249. The molecular formula is C11H17ClN2O. The lowest BCUT2D eigenvalue weighted by Crippen LogP contribution is -2.27. The van der Waals surface area contributed by atoms with E-state index in [-0.39, 0.29) is 5.60 Å². The normalized spacial score (nSPS) is 11.5. The molecular weight excluding hydrogens is 212 g/mol. The van der Waals surface area contributed by atoms with Crippen molar-refractivity contribution in [1.82, 2.24) is 4.98 Å². The molecule has 0 unspecified atom stereocenters. The van der Waals surface area contributed by atoms with Crippen LogP contribution in [0.3, 0.4) is 0 Å². The van der Waals surface area contributed by atoms with Gasteiger partial charge in [-0.25, -0.2) is 4.98 Å². The number of nitrogens with zero attached hydrogens (tertiary/aromatic N) is 1. The molecule has 0 atom stereocenters. The lowest BCUT2D eigenvalue weighted by Gasteiger charge is -2.24. The Balaban J connectivity index is 2.87. The van der Waals surface area contributed by atoms with Gasteiger partial charge in [0.05, 0.1) is 0 Å². The third-order valence-electron chi connectivity index (χ3n) is 2.32. The standard InChI is InChI=1S/C11H17ClN2O/c1-4-11(2,3)15-10-9(12)5-8(6-13)7-14-10/h5,7H,4,6,13H2,1-3H3. The van der Waals surface area contributed by atoms with E-state index in [1.165, 1.54) is 0 Å². The molecule has 2 N–H and O–H groups in total. The molecule has 84 valence electrons. The van der Waals surface area contributed by atoms with Crippen molar-refractivity contribution in [3.8, 4) is 5.88 Å². The second-order valence-corrected chi connectivity index (χ2v) is 4.46. The molecule has 0 spiro atoms. The fourth-order valence-electron chi connectivity index (χ4n) is 0.986. The molecule has 0 saturated heterocycles. The van der Waals surface area contributed by atoms with Crippen LogP contribution in [0.2, 0.25) is 5.02 Å². The summed E-state index contributed by atoms with van der Waals surface area (Å²) in [6.07, 6.45) is 2.58. The molecule has 1 rings (SSSR count). The van der Waals surface area contributed by atoms with Gasteiger partial charge in [-0.1, -0.05) is 18.5 Å². The molecule has 0 aliphatic heterocycles. The van der Waals surface area contributed by atoms with Gasteiger partial charge in [0.25, 0.3) is 0 Å². The van der Waals surface area contributed by atoms with Crippen molar-refractivity contribution in [3.63, 3.8) is 0 Å². The SMILES string of the molecule is CCC(C)(C)Oc1ncc(CN)cc1Cl. The van der Waals surface area contributed by atoms with Crippen LogP contribution in [0.25, 0.3) is 0 Å². The summed E-state index contributed by atoms with van der Waals surface area (Å²) in [5.41, 5.74) is 6.14. The van der Waals surface area contributed by atoms with E-state index >= 15 is 0 Å². The number of hydrogen-bond acceptors (Lipinski definition) is 3. The number of nitrogens with two attached hydrogens (primary N) is 1. The Bertz CT molecular complexity index is 339. The van der Waals surface area contributed by atoms with Gasteiger partial charge in [-0.05, 0) is 31.9 Å². The van der Waals surface area contributed by atoms with Crippen molar-refractivity contribution in [2.45, 2.75) is 39.3 Å². The first-order valence-electron chi connectivity index (χ1n) is 5.02. The van der Waals surface area contributed by atoms with Crippen LogP contribution >= 0.6 is 11.6 Å². The van der Waals surface area contributed by atoms with Crippen molar-refractivity contribution < 1.29 is 4.74 Å². The molecule has 0 radical (unpaired) electrons. The summed E-state index contributed by atoms with van der Waals surface area (Å²) >= 11 is 6.03. The average molecular weight is 229 g/mol. The molecule has 15 heavy (non-hydrogen) atoms. The Kier molecular flexibility index (Phi) is 3.94. The number of pyridine rings is 1. The predicted octanol–water partition coefficient (Wildman–Crippen LogP) is 2.76. The van der Waals surface area contributed by atoms with E-state index in [4.69, 9.17) is 22.1 Å². The lowest BCUT2D eigenvalue weighted by molar-refractivity contribution is 0.0991. The summed E-state index contributed by atoms with van der Waals surface area (Å²) in [6.45, 7) is 6.50. The van der Waals surface area contributed by atoms with Crippen LogP contribution in [0, 0.1) is 0 Å². The predicted molar refractivity (Wildman–Crippen MR) is 62.1 cm³/mol. The molecule has 0 aliphatic rings. The van der Waals surface area contributed by atoms with Gasteiger partial charge >= 0.3 is 0 Å². The lowest BCUT2D eigenvalue weighted by atomic mass is 10.1. The number of aromatic nitrogens is 1. The number of rotatable bonds is 4. The highest BCUT2D eigenvalue weighted by Crippen LogP contribution is 2.27. The van der Waals surface area contributed by atoms with Gasteiger partial charge in [0, 0.05) is 12.7 Å². The molecule has 0 bridgehead atoms. The summed E-state index contributed by atoms with van der Waals surface area (Å²) in [5, 5.41) is 0.513. The van der Waals surface area contributed by atoms with Crippen LogP contribution in [0.4, 0.5) is 0 Å². The Labute approximate surface area is 95.6 Å². The Morgan fingerprint density at radius 2 is 2.20 bits per heavy atom. The van der Waals surface area contributed by atoms with Crippen molar-refractivity contribution in [2.24, 2.45) is 5.73 Å². The van der Waals surface area contributed by atoms with Gasteiger partial charge in [0.1, 0.15) is 10.6 Å². The Morgan fingerprint density at radius 3 is 2.67 bits per heavy atom. The zero-order valence-electron chi connectivity index (χ0n) is 9.38. The quantitative estimate of drug-likeness (QED) is 0.862. The third kappa shape index (κ3) is 3.36. The van der Waals surface area contributed by atoms with Crippen molar-refractivity contribution >= 4 is 11.6 Å². The Hall–Kier alpha value is -0.800. The maximum Gasteiger partial charge on any atom is 0.233 e. The molecule has 1 aromatic heterocycles. The van der Waals surface area contributed by atoms with Crippen LogP contribution in [-0.4, -0.2) is 10.6 Å². The van der Waals surface area contributed by atoms with Crippen LogP contribution in [0.1, 0.15) is 32.8 Å². The minimum Gasteiger partial charge on any atom is -0.471 e. The molecule has 3 nitrogen and oxygen atoms in total. The molecule has 1 aromatic rings. The van der Waals surface area contributed by atoms with Crippen LogP contribution in [0.5, 0.6) is 5.88 Å². The van der Waals surface area contributed by atoms with E-state index in [1.807, 2.05) is 13.8 Å². The number of ether oxygens (including phenoxy) is 1.